The maximum atomic E-state index is 13.2. The fraction of sp³-hybridized carbons (Fsp3) is 0.407. The van der Waals surface area contributed by atoms with Gasteiger partial charge in [0.2, 0.25) is 5.95 Å². The summed E-state index contributed by atoms with van der Waals surface area (Å²) in [6.45, 7) is 11.5. The highest BCUT2D eigenvalue weighted by molar-refractivity contribution is 5.96. The lowest BCUT2D eigenvalue weighted by Gasteiger charge is -2.27. The van der Waals surface area contributed by atoms with Gasteiger partial charge >= 0.3 is 0 Å². The van der Waals surface area contributed by atoms with Crippen molar-refractivity contribution in [3.63, 3.8) is 0 Å². The molecule has 3 aromatic rings. The Hall–Kier alpha value is -3.72. The van der Waals surface area contributed by atoms with Crippen LogP contribution in [0.5, 0.6) is 5.75 Å². The summed E-state index contributed by atoms with van der Waals surface area (Å²) in [4.78, 5) is 39.8. The number of aryl methyl sites for hydroxylation is 2. The molecule has 0 saturated carbocycles. The number of benzene rings is 1. The van der Waals surface area contributed by atoms with Gasteiger partial charge in [0, 0.05) is 79.5 Å². The van der Waals surface area contributed by atoms with Gasteiger partial charge < -0.3 is 25.3 Å². The predicted molar refractivity (Wildman–Crippen MR) is 139 cm³/mol. The topological polar surface area (TPSA) is 112 Å². The number of hydrogen-bond acceptors (Lipinski definition) is 7. The number of anilines is 1. The van der Waals surface area contributed by atoms with Gasteiger partial charge in [-0.1, -0.05) is 0 Å². The molecule has 5 rings (SSSR count). The molecule has 188 valence electrons. The van der Waals surface area contributed by atoms with Gasteiger partial charge in [-0.05, 0) is 57.0 Å². The third-order valence-electron chi connectivity index (χ3n) is 6.69. The molecule has 9 nitrogen and oxygen atoms in total. The Kier molecular flexibility index (Phi) is 6.26. The van der Waals surface area contributed by atoms with E-state index < -0.39 is 0 Å². The molecule has 1 amide bonds. The van der Waals surface area contributed by atoms with E-state index in [1.165, 1.54) is 0 Å². The number of hydrogen-bond donors (Lipinski definition) is 3. The summed E-state index contributed by atoms with van der Waals surface area (Å²) in [5, 5.41) is 6.25. The molecule has 0 spiro atoms. The SMILES string of the molecule is Cc1cc(C)c(CNC(=O)c2cc3c(c(-c4cnc(N5CCNCC5)nc4)c2)OC(C)(C)C3)c(=O)[nH]1. The van der Waals surface area contributed by atoms with E-state index in [-0.39, 0.29) is 23.6 Å². The first-order valence-corrected chi connectivity index (χ1v) is 12.3. The zero-order valence-corrected chi connectivity index (χ0v) is 21.2. The van der Waals surface area contributed by atoms with E-state index >= 15 is 0 Å². The highest BCUT2D eigenvalue weighted by atomic mass is 16.5. The Bertz CT molecular complexity index is 1360. The zero-order chi connectivity index (χ0) is 25.4. The molecule has 0 atom stereocenters. The highest BCUT2D eigenvalue weighted by Crippen LogP contribution is 2.43. The first-order valence-electron chi connectivity index (χ1n) is 12.3. The lowest BCUT2D eigenvalue weighted by molar-refractivity contribution is 0.0950. The smallest absolute Gasteiger partial charge is 0.253 e. The van der Waals surface area contributed by atoms with E-state index in [0.29, 0.717) is 23.5 Å². The van der Waals surface area contributed by atoms with Crippen molar-refractivity contribution >= 4 is 11.9 Å². The van der Waals surface area contributed by atoms with Crippen molar-refractivity contribution < 1.29 is 9.53 Å². The molecule has 1 fully saturated rings. The maximum Gasteiger partial charge on any atom is 0.253 e. The lowest BCUT2D eigenvalue weighted by Crippen LogP contribution is -2.44. The number of aromatic nitrogens is 3. The van der Waals surface area contributed by atoms with Crippen LogP contribution in [0.25, 0.3) is 11.1 Å². The molecular formula is C27H32N6O3. The molecular weight excluding hydrogens is 456 g/mol. The van der Waals surface area contributed by atoms with Crippen LogP contribution in [0.2, 0.25) is 0 Å². The lowest BCUT2D eigenvalue weighted by atomic mass is 9.96. The Labute approximate surface area is 210 Å². The first kappa shape index (κ1) is 24.0. The summed E-state index contributed by atoms with van der Waals surface area (Å²) in [7, 11) is 0. The predicted octanol–water partition coefficient (Wildman–Crippen LogP) is 2.50. The van der Waals surface area contributed by atoms with Crippen LogP contribution in [-0.4, -0.2) is 52.6 Å². The second-order valence-corrected chi connectivity index (χ2v) is 10.2. The summed E-state index contributed by atoms with van der Waals surface area (Å²) < 4.78 is 6.28. The molecule has 36 heavy (non-hydrogen) atoms. The van der Waals surface area contributed by atoms with Crippen molar-refractivity contribution in [1.29, 1.82) is 0 Å². The normalized spacial score (nSPS) is 16.4. The van der Waals surface area contributed by atoms with Gasteiger partial charge in [0.05, 0.1) is 0 Å². The number of nitrogens with zero attached hydrogens (tertiary/aromatic N) is 3. The third-order valence-corrected chi connectivity index (χ3v) is 6.69. The number of aromatic amines is 1. The number of fused-ring (bicyclic) bond motifs is 1. The van der Waals surface area contributed by atoms with Crippen molar-refractivity contribution in [3.05, 3.63) is 68.9 Å². The van der Waals surface area contributed by atoms with Crippen LogP contribution < -0.4 is 25.8 Å². The minimum Gasteiger partial charge on any atom is -0.487 e. The van der Waals surface area contributed by atoms with Gasteiger partial charge in [-0.2, -0.15) is 0 Å². The number of H-pyrrole nitrogens is 1. The quantitative estimate of drug-likeness (QED) is 0.506. The molecule has 9 heteroatoms. The molecule has 1 aromatic carbocycles. The molecule has 2 aliphatic rings. The second kappa shape index (κ2) is 9.39. The van der Waals surface area contributed by atoms with E-state index in [1.54, 1.807) is 12.4 Å². The van der Waals surface area contributed by atoms with Crippen molar-refractivity contribution in [2.45, 2.75) is 46.3 Å². The minimum atomic E-state index is -0.375. The van der Waals surface area contributed by atoms with Gasteiger partial charge in [-0.15, -0.1) is 0 Å². The minimum absolute atomic E-state index is 0.150. The van der Waals surface area contributed by atoms with Crippen molar-refractivity contribution in [3.8, 4) is 16.9 Å². The highest BCUT2D eigenvalue weighted by Gasteiger charge is 2.33. The number of piperazine rings is 1. The van der Waals surface area contributed by atoms with E-state index in [2.05, 4.69) is 30.5 Å². The average Bonchev–Trinajstić information content (AvgIpc) is 3.17. The zero-order valence-electron chi connectivity index (χ0n) is 21.2. The third kappa shape index (κ3) is 4.83. The number of carbonyl (C=O) groups excluding carboxylic acids is 1. The van der Waals surface area contributed by atoms with Crippen LogP contribution in [0.4, 0.5) is 5.95 Å². The molecule has 0 radical (unpaired) electrons. The number of pyridine rings is 1. The summed E-state index contributed by atoms with van der Waals surface area (Å²) in [6.07, 6.45) is 4.28. The number of nitrogens with one attached hydrogen (secondary N) is 3. The van der Waals surface area contributed by atoms with Crippen LogP contribution in [0.3, 0.4) is 0 Å². The molecule has 0 aliphatic carbocycles. The molecule has 0 unspecified atom stereocenters. The van der Waals surface area contributed by atoms with Gasteiger partial charge in [0.15, 0.2) is 0 Å². The summed E-state index contributed by atoms with van der Waals surface area (Å²) in [6, 6.07) is 5.61. The number of rotatable bonds is 5. The van der Waals surface area contributed by atoms with Crippen LogP contribution in [-0.2, 0) is 13.0 Å². The van der Waals surface area contributed by atoms with E-state index in [1.807, 2.05) is 45.9 Å². The van der Waals surface area contributed by atoms with Crippen molar-refractivity contribution in [2.75, 3.05) is 31.1 Å². The Balaban J connectivity index is 1.44. The monoisotopic (exact) mass is 488 g/mol. The Morgan fingerprint density at radius 2 is 1.86 bits per heavy atom. The van der Waals surface area contributed by atoms with Crippen LogP contribution in [0.1, 0.15) is 46.6 Å². The van der Waals surface area contributed by atoms with E-state index in [9.17, 15) is 9.59 Å². The van der Waals surface area contributed by atoms with Gasteiger partial charge in [0.1, 0.15) is 11.4 Å². The standard InChI is InChI=1S/C27H32N6O3/c1-16-9-17(2)32-25(35)22(16)15-29-24(34)18-10-19-12-27(3,4)36-23(19)21(11-18)20-13-30-26(31-14-20)33-7-5-28-6-8-33/h9-11,13-14,28H,5-8,12,15H2,1-4H3,(H,29,34)(H,32,35). The molecule has 2 aliphatic heterocycles. The van der Waals surface area contributed by atoms with Gasteiger partial charge in [-0.3, -0.25) is 9.59 Å². The number of carbonyl (C=O) groups is 1. The Morgan fingerprint density at radius 1 is 1.14 bits per heavy atom. The molecule has 2 aromatic heterocycles. The van der Waals surface area contributed by atoms with Gasteiger partial charge in [-0.25, -0.2) is 9.97 Å². The summed E-state index contributed by atoms with van der Waals surface area (Å²) in [5.74, 6) is 1.22. The number of ether oxygens (including phenoxy) is 1. The molecule has 3 N–H and O–H groups in total. The largest absolute Gasteiger partial charge is 0.487 e. The maximum absolute atomic E-state index is 13.2. The molecule has 4 heterocycles. The molecule has 1 saturated heterocycles. The fourth-order valence-electron chi connectivity index (χ4n) is 4.92. The summed E-state index contributed by atoms with van der Waals surface area (Å²) >= 11 is 0. The van der Waals surface area contributed by atoms with Crippen LogP contribution >= 0.6 is 0 Å². The first-order chi connectivity index (χ1) is 17.2. The molecule has 0 bridgehead atoms. The van der Waals surface area contributed by atoms with Crippen LogP contribution in [0.15, 0.2) is 35.4 Å². The Morgan fingerprint density at radius 3 is 2.56 bits per heavy atom. The van der Waals surface area contributed by atoms with Crippen LogP contribution in [0, 0.1) is 13.8 Å². The van der Waals surface area contributed by atoms with Gasteiger partial charge in [0.25, 0.3) is 11.5 Å². The van der Waals surface area contributed by atoms with E-state index in [0.717, 1.165) is 59.9 Å². The summed E-state index contributed by atoms with van der Waals surface area (Å²) in [5.41, 5.74) is 4.71. The van der Waals surface area contributed by atoms with Crippen molar-refractivity contribution in [1.82, 2.24) is 25.6 Å². The average molecular weight is 489 g/mol. The number of amides is 1. The second-order valence-electron chi connectivity index (χ2n) is 10.2. The van der Waals surface area contributed by atoms with Crippen molar-refractivity contribution in [2.24, 2.45) is 0 Å². The van der Waals surface area contributed by atoms with E-state index in [4.69, 9.17) is 4.74 Å². The fourth-order valence-corrected chi connectivity index (χ4v) is 4.92.